The van der Waals surface area contributed by atoms with Crippen molar-refractivity contribution in [1.29, 1.82) is 0 Å². The molecule has 2 heterocycles. The van der Waals surface area contributed by atoms with Gasteiger partial charge in [-0.05, 0) is 0 Å². The molecule has 0 spiro atoms. The normalized spacial score (nSPS) is 19.9. The summed E-state index contributed by atoms with van der Waals surface area (Å²) in [6.07, 6.45) is 2.03. The van der Waals surface area contributed by atoms with Crippen LogP contribution in [0.15, 0.2) is 16.1 Å². The Hall–Kier alpha value is -1.61. The van der Waals surface area contributed by atoms with E-state index in [4.69, 9.17) is 10.2 Å². The van der Waals surface area contributed by atoms with Crippen molar-refractivity contribution >= 4 is 11.9 Å². The van der Waals surface area contributed by atoms with Crippen LogP contribution in [-0.4, -0.2) is 63.9 Å². The largest absolute Gasteiger partial charge is 0.396 e. The highest BCUT2D eigenvalue weighted by Gasteiger charge is 2.23. The van der Waals surface area contributed by atoms with E-state index in [0.717, 1.165) is 0 Å². The number of aromatic amines is 1. The third kappa shape index (κ3) is 3.10. The van der Waals surface area contributed by atoms with Crippen LogP contribution in [0.3, 0.4) is 0 Å². The average molecular weight is 282 g/mol. The number of H-pyrrole nitrogens is 1. The van der Waals surface area contributed by atoms with E-state index in [2.05, 4.69) is 20.3 Å². The summed E-state index contributed by atoms with van der Waals surface area (Å²) in [6, 6.07) is 0. The lowest BCUT2D eigenvalue weighted by Crippen LogP contribution is -2.37. The van der Waals surface area contributed by atoms with Gasteiger partial charge in [-0.15, -0.1) is 0 Å². The molecule has 0 amide bonds. The molecule has 0 saturated heterocycles. The lowest BCUT2D eigenvalue weighted by molar-refractivity contribution is 0.0230. The van der Waals surface area contributed by atoms with E-state index in [0.29, 0.717) is 24.5 Å². The molecular formula is C12H18N4O4. The minimum Gasteiger partial charge on any atom is -0.396 e. The average Bonchev–Trinajstić information content (AvgIpc) is 2.87. The maximum absolute atomic E-state index is 11.5. The number of aliphatic hydroxyl groups excluding tert-OH is 3. The van der Waals surface area contributed by atoms with Crippen LogP contribution in [-0.2, 0) is 0 Å². The molecule has 5 N–H and O–H groups in total. The second-order valence-corrected chi connectivity index (χ2v) is 4.70. The number of hydrogen-bond donors (Lipinski definition) is 5. The highest BCUT2D eigenvalue weighted by Crippen LogP contribution is 2.25. The Morgan fingerprint density at radius 2 is 2.20 bits per heavy atom. The Labute approximate surface area is 115 Å². The maximum atomic E-state index is 11.5. The molecule has 0 radical (unpaired) electrons. The lowest BCUT2D eigenvalue weighted by atomic mass is 10.0. The molecule has 8 nitrogen and oxygen atoms in total. The predicted molar refractivity (Wildman–Crippen MR) is 72.3 cm³/mol. The van der Waals surface area contributed by atoms with Crippen molar-refractivity contribution < 1.29 is 15.3 Å². The standard InChI is InChI=1S/C12H18N4O4/c17-4-8(9(19)5-18)2-13-1-7-3-14-11-10(7)15-6-16-12(11)20/h3,6-9,13,17-19H,1-2,4-5H2,(H,15,16,20)/t7?,8?,9-/m1/s1. The van der Waals surface area contributed by atoms with Gasteiger partial charge in [0.05, 0.1) is 30.7 Å². The molecular weight excluding hydrogens is 264 g/mol. The molecule has 0 aromatic carbocycles. The third-order valence-electron chi connectivity index (χ3n) is 3.33. The van der Waals surface area contributed by atoms with E-state index in [1.807, 2.05) is 0 Å². The first-order valence-corrected chi connectivity index (χ1v) is 6.39. The summed E-state index contributed by atoms with van der Waals surface area (Å²) < 4.78 is 0. The van der Waals surface area contributed by atoms with Crippen molar-refractivity contribution in [3.05, 3.63) is 22.4 Å². The number of aromatic nitrogens is 2. The quantitative estimate of drug-likeness (QED) is 0.398. The van der Waals surface area contributed by atoms with Gasteiger partial charge in [0.2, 0.25) is 0 Å². The van der Waals surface area contributed by atoms with E-state index < -0.39 is 18.6 Å². The molecule has 1 aromatic heterocycles. The Morgan fingerprint density at radius 1 is 1.40 bits per heavy atom. The van der Waals surface area contributed by atoms with E-state index in [-0.39, 0.29) is 18.1 Å². The molecule has 110 valence electrons. The number of nitrogens with zero attached hydrogens (tertiary/aromatic N) is 2. The number of fused-ring (bicyclic) bond motifs is 1. The van der Waals surface area contributed by atoms with Gasteiger partial charge in [-0.25, -0.2) is 4.98 Å². The van der Waals surface area contributed by atoms with Gasteiger partial charge in [-0.1, -0.05) is 0 Å². The fourth-order valence-corrected chi connectivity index (χ4v) is 2.08. The summed E-state index contributed by atoms with van der Waals surface area (Å²) in [4.78, 5) is 22.1. The molecule has 0 aliphatic carbocycles. The summed E-state index contributed by atoms with van der Waals surface area (Å²) in [7, 11) is 0. The number of rotatable bonds is 7. The zero-order valence-corrected chi connectivity index (χ0v) is 10.9. The monoisotopic (exact) mass is 282 g/mol. The van der Waals surface area contributed by atoms with Gasteiger partial charge >= 0.3 is 0 Å². The van der Waals surface area contributed by atoms with Crippen LogP contribution in [0.1, 0.15) is 11.6 Å². The van der Waals surface area contributed by atoms with Gasteiger partial charge in [0.15, 0.2) is 0 Å². The summed E-state index contributed by atoms with van der Waals surface area (Å²) in [5.74, 6) is -0.553. The Kier molecular flexibility index (Phi) is 4.96. The number of aliphatic hydroxyl groups is 3. The van der Waals surface area contributed by atoms with Gasteiger partial charge in [0, 0.05) is 31.8 Å². The molecule has 1 aromatic rings. The minimum absolute atomic E-state index is 0.113. The van der Waals surface area contributed by atoms with Crippen LogP contribution in [0.5, 0.6) is 0 Å². The first-order chi connectivity index (χ1) is 9.67. The second-order valence-electron chi connectivity index (χ2n) is 4.70. The van der Waals surface area contributed by atoms with Gasteiger partial charge in [0.1, 0.15) is 5.69 Å². The fourth-order valence-electron chi connectivity index (χ4n) is 2.08. The van der Waals surface area contributed by atoms with Crippen molar-refractivity contribution in [3.8, 4) is 0 Å². The summed E-state index contributed by atoms with van der Waals surface area (Å²) in [6.45, 7) is 0.224. The van der Waals surface area contributed by atoms with Crippen molar-refractivity contribution in [2.45, 2.75) is 12.0 Å². The zero-order valence-electron chi connectivity index (χ0n) is 10.9. The molecule has 2 rings (SSSR count). The molecule has 0 bridgehead atoms. The molecule has 20 heavy (non-hydrogen) atoms. The van der Waals surface area contributed by atoms with Gasteiger partial charge in [-0.2, -0.15) is 0 Å². The van der Waals surface area contributed by atoms with Gasteiger partial charge in [0.25, 0.3) is 5.56 Å². The zero-order chi connectivity index (χ0) is 14.5. The van der Waals surface area contributed by atoms with Crippen LogP contribution < -0.4 is 10.9 Å². The Bertz CT molecular complexity index is 530. The first kappa shape index (κ1) is 14.8. The summed E-state index contributed by atoms with van der Waals surface area (Å²) in [5.41, 5.74) is 0.676. The van der Waals surface area contributed by atoms with Crippen molar-refractivity contribution in [3.63, 3.8) is 0 Å². The number of aliphatic imine (C=N–C) groups is 1. The van der Waals surface area contributed by atoms with E-state index in [1.54, 1.807) is 6.21 Å². The van der Waals surface area contributed by atoms with Crippen LogP contribution in [0.4, 0.5) is 5.69 Å². The van der Waals surface area contributed by atoms with Crippen molar-refractivity contribution in [2.24, 2.45) is 10.9 Å². The molecule has 3 atom stereocenters. The predicted octanol–water partition coefficient (Wildman–Crippen LogP) is -1.88. The van der Waals surface area contributed by atoms with Crippen LogP contribution >= 0.6 is 0 Å². The molecule has 8 heteroatoms. The molecule has 0 saturated carbocycles. The highest BCUT2D eigenvalue weighted by molar-refractivity contribution is 5.79. The van der Waals surface area contributed by atoms with E-state index in [1.165, 1.54) is 6.33 Å². The summed E-state index contributed by atoms with van der Waals surface area (Å²) in [5, 5.41) is 30.5. The highest BCUT2D eigenvalue weighted by atomic mass is 16.3. The number of nitrogens with one attached hydrogen (secondary N) is 2. The molecule has 1 aliphatic heterocycles. The third-order valence-corrected chi connectivity index (χ3v) is 3.33. The van der Waals surface area contributed by atoms with Crippen LogP contribution in [0.25, 0.3) is 0 Å². The lowest BCUT2D eigenvalue weighted by Gasteiger charge is -2.20. The number of hydrogen-bond acceptors (Lipinski definition) is 7. The van der Waals surface area contributed by atoms with E-state index >= 15 is 0 Å². The first-order valence-electron chi connectivity index (χ1n) is 6.39. The van der Waals surface area contributed by atoms with Crippen molar-refractivity contribution in [1.82, 2.24) is 15.3 Å². The van der Waals surface area contributed by atoms with Crippen LogP contribution in [0, 0.1) is 5.92 Å². The smallest absolute Gasteiger partial charge is 0.276 e. The fraction of sp³-hybridized carbons (Fsp3) is 0.583. The maximum Gasteiger partial charge on any atom is 0.276 e. The van der Waals surface area contributed by atoms with Crippen molar-refractivity contribution in [2.75, 3.05) is 26.3 Å². The van der Waals surface area contributed by atoms with Gasteiger partial charge < -0.3 is 25.6 Å². The Balaban J connectivity index is 1.90. The molecule has 0 fully saturated rings. The summed E-state index contributed by atoms with van der Waals surface area (Å²) >= 11 is 0. The molecule has 2 unspecified atom stereocenters. The minimum atomic E-state index is -0.960. The van der Waals surface area contributed by atoms with Gasteiger partial charge in [-0.3, -0.25) is 9.79 Å². The Morgan fingerprint density at radius 3 is 2.90 bits per heavy atom. The SMILES string of the molecule is O=c1[nH]cnc2c1N=CC2CNCC(CO)[C@H](O)CO. The van der Waals surface area contributed by atoms with Crippen LogP contribution in [0.2, 0.25) is 0 Å². The second kappa shape index (κ2) is 6.71. The topological polar surface area (TPSA) is 131 Å². The van der Waals surface area contributed by atoms with E-state index in [9.17, 15) is 9.90 Å². The molecule has 1 aliphatic rings.